The highest BCUT2D eigenvalue weighted by Gasteiger charge is 2.30. The zero-order valence-electron chi connectivity index (χ0n) is 12.4. The number of piperidine rings is 1. The van der Waals surface area contributed by atoms with Crippen LogP contribution in [-0.2, 0) is 9.53 Å². The first-order valence-corrected chi connectivity index (χ1v) is 6.98. The topological polar surface area (TPSA) is 72.6 Å². The third kappa shape index (κ3) is 5.19. The van der Waals surface area contributed by atoms with Crippen LogP contribution in [0.5, 0.6) is 0 Å². The smallest absolute Gasteiger partial charge is 0.376 e. The molecule has 0 bridgehead atoms. The van der Waals surface area contributed by atoms with Crippen molar-refractivity contribution >= 4 is 12.1 Å². The van der Waals surface area contributed by atoms with Crippen LogP contribution in [0.25, 0.3) is 0 Å². The maximum absolute atomic E-state index is 11.9. The van der Waals surface area contributed by atoms with Crippen molar-refractivity contribution in [3.63, 3.8) is 0 Å². The first-order chi connectivity index (χ1) is 8.73. The minimum absolute atomic E-state index is 0.138. The summed E-state index contributed by atoms with van der Waals surface area (Å²) in [6.45, 7) is 9.02. The first kappa shape index (κ1) is 16.0. The van der Waals surface area contributed by atoms with Crippen molar-refractivity contribution in [2.45, 2.75) is 53.0 Å². The molecule has 0 saturated carbocycles. The van der Waals surface area contributed by atoms with E-state index in [1.807, 2.05) is 20.8 Å². The summed E-state index contributed by atoms with van der Waals surface area (Å²) in [4.78, 5) is 25.1. The zero-order valence-corrected chi connectivity index (χ0v) is 12.4. The molecule has 2 atom stereocenters. The molecular formula is C14H26N2O3. The summed E-state index contributed by atoms with van der Waals surface area (Å²) in [6, 6.07) is 0.138. The van der Waals surface area contributed by atoms with Crippen LogP contribution in [0, 0.1) is 11.3 Å². The molecule has 19 heavy (non-hydrogen) atoms. The highest BCUT2D eigenvalue weighted by molar-refractivity contribution is 5.84. The van der Waals surface area contributed by atoms with Crippen molar-refractivity contribution in [2.24, 2.45) is 17.1 Å². The fourth-order valence-electron chi connectivity index (χ4n) is 2.28. The lowest BCUT2D eigenvalue weighted by Gasteiger charge is -2.35. The number of likely N-dealkylation sites (tertiary alicyclic amines) is 1. The maximum Gasteiger partial charge on any atom is 0.417 e. The molecule has 1 rings (SSSR count). The summed E-state index contributed by atoms with van der Waals surface area (Å²) in [5.41, 5.74) is 5.82. The minimum atomic E-state index is -0.528. The van der Waals surface area contributed by atoms with Gasteiger partial charge in [0, 0.05) is 19.1 Å². The van der Waals surface area contributed by atoms with E-state index in [4.69, 9.17) is 10.5 Å². The number of nitrogens with zero attached hydrogens (tertiary/aromatic N) is 1. The summed E-state index contributed by atoms with van der Waals surface area (Å²) in [7, 11) is 0. The van der Waals surface area contributed by atoms with Gasteiger partial charge in [-0.25, -0.2) is 4.79 Å². The van der Waals surface area contributed by atoms with Crippen LogP contribution in [0.4, 0.5) is 4.79 Å². The number of hydrogen-bond acceptors (Lipinski definition) is 4. The van der Waals surface area contributed by atoms with Crippen molar-refractivity contribution < 1.29 is 14.3 Å². The van der Waals surface area contributed by atoms with Gasteiger partial charge in [0.15, 0.2) is 0 Å². The van der Waals surface area contributed by atoms with Gasteiger partial charge in [0.25, 0.3) is 0 Å². The van der Waals surface area contributed by atoms with Crippen LogP contribution in [0.15, 0.2) is 0 Å². The van der Waals surface area contributed by atoms with Crippen LogP contribution >= 0.6 is 0 Å². The van der Waals surface area contributed by atoms with Crippen molar-refractivity contribution in [2.75, 3.05) is 13.1 Å². The zero-order chi connectivity index (χ0) is 14.6. The molecule has 1 aliphatic rings. The molecule has 110 valence electrons. The van der Waals surface area contributed by atoms with Crippen LogP contribution < -0.4 is 5.73 Å². The molecule has 2 N–H and O–H groups in total. The Morgan fingerprint density at radius 2 is 2.00 bits per heavy atom. The third-order valence-electron chi connectivity index (χ3n) is 3.45. The van der Waals surface area contributed by atoms with Gasteiger partial charge in [-0.1, -0.05) is 34.1 Å². The maximum atomic E-state index is 11.9. The van der Waals surface area contributed by atoms with Gasteiger partial charge >= 0.3 is 12.1 Å². The predicted octanol–water partition coefficient (Wildman–Crippen LogP) is 2.15. The molecule has 5 heteroatoms. The monoisotopic (exact) mass is 270 g/mol. The van der Waals surface area contributed by atoms with Gasteiger partial charge in [0.1, 0.15) is 0 Å². The summed E-state index contributed by atoms with van der Waals surface area (Å²) < 4.78 is 4.90. The Morgan fingerprint density at radius 3 is 2.53 bits per heavy atom. The van der Waals surface area contributed by atoms with Crippen molar-refractivity contribution in [1.29, 1.82) is 0 Å². The molecule has 0 aromatic rings. The molecule has 5 nitrogen and oxygen atoms in total. The molecule has 0 aromatic heterocycles. The van der Waals surface area contributed by atoms with Gasteiger partial charge < -0.3 is 15.4 Å². The van der Waals surface area contributed by atoms with E-state index >= 15 is 0 Å². The van der Waals surface area contributed by atoms with E-state index in [2.05, 4.69) is 6.92 Å². The lowest BCUT2D eigenvalue weighted by Crippen LogP contribution is -2.49. The molecule has 0 aliphatic carbocycles. The molecule has 0 spiro atoms. The molecular weight excluding hydrogens is 244 g/mol. The Balaban J connectivity index is 2.48. The summed E-state index contributed by atoms with van der Waals surface area (Å²) in [5, 5.41) is 0. The second-order valence-electron chi connectivity index (χ2n) is 6.54. The van der Waals surface area contributed by atoms with E-state index in [0.717, 1.165) is 12.8 Å². The number of carbonyl (C=O) groups is 2. The van der Waals surface area contributed by atoms with E-state index in [-0.39, 0.29) is 17.9 Å². The van der Waals surface area contributed by atoms with Gasteiger partial charge in [-0.05, 0) is 17.8 Å². The molecule has 0 aromatic carbocycles. The molecule has 2 unspecified atom stereocenters. The van der Waals surface area contributed by atoms with E-state index < -0.39 is 12.1 Å². The first-order valence-electron chi connectivity index (χ1n) is 6.98. The standard InChI is InChI=1S/C14H26N2O3/c1-5-10-9-16(7-6-11(10)15)13(18)19-12(17)8-14(2,3)4/h10-11H,5-9,15H2,1-4H3. The fourth-order valence-corrected chi connectivity index (χ4v) is 2.28. The van der Waals surface area contributed by atoms with E-state index in [1.54, 1.807) is 4.90 Å². The molecule has 1 aliphatic heterocycles. The molecule has 0 radical (unpaired) electrons. The van der Waals surface area contributed by atoms with E-state index in [0.29, 0.717) is 19.0 Å². The summed E-state index contributed by atoms with van der Waals surface area (Å²) in [5.74, 6) is -0.167. The van der Waals surface area contributed by atoms with Crippen LogP contribution in [0.1, 0.15) is 47.0 Å². The normalized spacial score (nSPS) is 24.2. The number of hydrogen-bond donors (Lipinski definition) is 1. The molecule has 1 amide bonds. The Kier molecular flexibility index (Phi) is 5.35. The molecule has 1 fully saturated rings. The van der Waals surface area contributed by atoms with Crippen LogP contribution in [-0.4, -0.2) is 36.1 Å². The summed E-state index contributed by atoms with van der Waals surface area (Å²) in [6.07, 6.45) is 1.41. The minimum Gasteiger partial charge on any atom is -0.376 e. The largest absolute Gasteiger partial charge is 0.417 e. The van der Waals surface area contributed by atoms with E-state index in [1.165, 1.54) is 0 Å². The average Bonchev–Trinajstić information content (AvgIpc) is 2.26. The number of carbonyl (C=O) groups excluding carboxylic acids is 2. The van der Waals surface area contributed by atoms with Gasteiger partial charge in [-0.2, -0.15) is 0 Å². The number of esters is 1. The van der Waals surface area contributed by atoms with Gasteiger partial charge in [0.2, 0.25) is 0 Å². The van der Waals surface area contributed by atoms with Crippen molar-refractivity contribution in [1.82, 2.24) is 4.90 Å². The quantitative estimate of drug-likeness (QED) is 0.616. The summed E-state index contributed by atoms with van der Waals surface area (Å²) >= 11 is 0. The van der Waals surface area contributed by atoms with E-state index in [9.17, 15) is 9.59 Å². The highest BCUT2D eigenvalue weighted by atomic mass is 16.6. The molecule has 1 saturated heterocycles. The number of nitrogens with two attached hydrogens (primary N) is 1. The van der Waals surface area contributed by atoms with Crippen molar-refractivity contribution in [3.05, 3.63) is 0 Å². The third-order valence-corrected chi connectivity index (χ3v) is 3.45. The number of ether oxygens (including phenoxy) is 1. The Morgan fingerprint density at radius 1 is 1.37 bits per heavy atom. The number of rotatable bonds is 2. The van der Waals surface area contributed by atoms with Gasteiger partial charge in [0.05, 0.1) is 6.42 Å². The second kappa shape index (κ2) is 6.37. The predicted molar refractivity (Wildman–Crippen MR) is 73.5 cm³/mol. The van der Waals surface area contributed by atoms with Crippen LogP contribution in [0.3, 0.4) is 0 Å². The highest BCUT2D eigenvalue weighted by Crippen LogP contribution is 2.21. The van der Waals surface area contributed by atoms with Crippen LogP contribution in [0.2, 0.25) is 0 Å². The average molecular weight is 270 g/mol. The Hall–Kier alpha value is -1.10. The lowest BCUT2D eigenvalue weighted by atomic mass is 9.91. The SMILES string of the molecule is CCC1CN(C(=O)OC(=O)CC(C)(C)C)CCC1N. The number of amides is 1. The van der Waals surface area contributed by atoms with Gasteiger partial charge in [-0.15, -0.1) is 0 Å². The Bertz CT molecular complexity index is 336. The molecule has 1 heterocycles. The Labute approximate surface area is 115 Å². The van der Waals surface area contributed by atoms with Gasteiger partial charge in [-0.3, -0.25) is 4.79 Å². The lowest BCUT2D eigenvalue weighted by molar-refractivity contribution is -0.140. The fraction of sp³-hybridized carbons (Fsp3) is 0.857. The second-order valence-corrected chi connectivity index (χ2v) is 6.54. The van der Waals surface area contributed by atoms with Crippen molar-refractivity contribution in [3.8, 4) is 0 Å².